The lowest BCUT2D eigenvalue weighted by Gasteiger charge is -2.25. The topological polar surface area (TPSA) is 107 Å². The van der Waals surface area contributed by atoms with Gasteiger partial charge in [0.15, 0.2) is 0 Å². The van der Waals surface area contributed by atoms with Gasteiger partial charge in [-0.1, -0.05) is 11.6 Å². The number of hydrogen-bond acceptors (Lipinski definition) is 5. The molecule has 1 aromatic rings. The molecule has 0 spiro atoms. The third kappa shape index (κ3) is 3.59. The highest BCUT2D eigenvalue weighted by atomic mass is 35.5. The lowest BCUT2D eigenvalue weighted by atomic mass is 10.0. The maximum Gasteiger partial charge on any atom is 0.264 e. The smallest absolute Gasteiger partial charge is 0.264 e. The van der Waals surface area contributed by atoms with Gasteiger partial charge in [0.2, 0.25) is 15.6 Å². The second-order valence-electron chi connectivity index (χ2n) is 8.11. The fraction of sp³-hybridized carbons (Fsp3) is 0.579. The molecule has 2 N–H and O–H groups in total. The molecule has 1 saturated carbocycles. The van der Waals surface area contributed by atoms with Crippen LogP contribution >= 0.6 is 11.6 Å². The first kappa shape index (κ1) is 21.5. The molecule has 30 heavy (non-hydrogen) atoms. The molecule has 0 aromatic heterocycles. The number of piperidine rings is 1. The van der Waals surface area contributed by atoms with Gasteiger partial charge in [0.1, 0.15) is 5.82 Å². The van der Waals surface area contributed by atoms with Gasteiger partial charge in [-0.15, -0.1) is 0 Å². The summed E-state index contributed by atoms with van der Waals surface area (Å²) in [6, 6.07) is 3.68. The van der Waals surface area contributed by atoms with Crippen LogP contribution in [0.1, 0.15) is 18.9 Å². The third-order valence-electron chi connectivity index (χ3n) is 6.31. The summed E-state index contributed by atoms with van der Waals surface area (Å²) < 4.78 is 38.9. The minimum Gasteiger partial charge on any atom is -0.372 e. The van der Waals surface area contributed by atoms with Crippen molar-refractivity contribution >= 4 is 33.4 Å². The van der Waals surface area contributed by atoms with Crippen molar-refractivity contribution in [2.45, 2.75) is 31.5 Å². The summed E-state index contributed by atoms with van der Waals surface area (Å²) in [5, 5.41) is 13.4. The average molecular weight is 460 g/mol. The highest BCUT2D eigenvalue weighted by Gasteiger charge is 2.65. The Balaban J connectivity index is 1.37. The van der Waals surface area contributed by atoms with Crippen LogP contribution in [0.25, 0.3) is 0 Å². The molecule has 2 heterocycles. The van der Waals surface area contributed by atoms with E-state index in [9.17, 15) is 27.5 Å². The number of carbonyl (C=O) groups is 2. The predicted molar refractivity (Wildman–Crippen MR) is 106 cm³/mol. The number of carbonyl (C=O) groups excluding carboxylic acids is 2. The van der Waals surface area contributed by atoms with Crippen LogP contribution in [-0.4, -0.2) is 71.6 Å². The molecule has 2 aliphatic heterocycles. The summed E-state index contributed by atoms with van der Waals surface area (Å²) in [7, 11) is -3.26. The van der Waals surface area contributed by atoms with E-state index in [1.54, 1.807) is 6.92 Å². The van der Waals surface area contributed by atoms with Crippen molar-refractivity contribution in [3.05, 3.63) is 34.6 Å². The molecule has 3 aliphatic rings. The van der Waals surface area contributed by atoms with Crippen molar-refractivity contribution < 1.29 is 27.5 Å². The van der Waals surface area contributed by atoms with Gasteiger partial charge in [-0.05, 0) is 42.5 Å². The standard InChI is InChI=1S/C19H23ClFN3O5S/c1-2-30(28,29)23-9-14-15(10-23)16(14)24-4-3-19(27,18(24)26)17(25)22-8-11-5-12(20)7-13(21)6-11/h5-7,14-16,27H,2-4,8-10H2,1H3,(H,22,25)/t14-,15+,16-,19?. The molecule has 4 rings (SSSR count). The van der Waals surface area contributed by atoms with Gasteiger partial charge in [-0.25, -0.2) is 17.1 Å². The van der Waals surface area contributed by atoms with Gasteiger partial charge in [0.25, 0.3) is 11.8 Å². The van der Waals surface area contributed by atoms with Crippen molar-refractivity contribution in [1.82, 2.24) is 14.5 Å². The molecule has 1 unspecified atom stereocenters. The molecule has 0 radical (unpaired) electrons. The Morgan fingerprint density at radius 2 is 2.00 bits per heavy atom. The molecule has 11 heteroatoms. The van der Waals surface area contributed by atoms with E-state index in [2.05, 4.69) is 5.32 Å². The lowest BCUT2D eigenvalue weighted by Crippen LogP contribution is -2.53. The van der Waals surface area contributed by atoms with Crippen LogP contribution in [0.15, 0.2) is 18.2 Å². The molecule has 0 bridgehead atoms. The summed E-state index contributed by atoms with van der Waals surface area (Å²) in [4.78, 5) is 26.9. The van der Waals surface area contributed by atoms with Crippen molar-refractivity contribution in [3.8, 4) is 0 Å². The quantitative estimate of drug-likeness (QED) is 0.596. The summed E-state index contributed by atoms with van der Waals surface area (Å²) >= 11 is 5.79. The first-order valence-electron chi connectivity index (χ1n) is 9.81. The molecule has 3 fully saturated rings. The van der Waals surface area contributed by atoms with Gasteiger partial charge in [-0.3, -0.25) is 9.59 Å². The van der Waals surface area contributed by atoms with E-state index >= 15 is 0 Å². The normalized spacial score (nSPS) is 31.1. The van der Waals surface area contributed by atoms with Crippen LogP contribution in [0.2, 0.25) is 5.02 Å². The van der Waals surface area contributed by atoms with Crippen molar-refractivity contribution in [2.75, 3.05) is 25.4 Å². The van der Waals surface area contributed by atoms with Gasteiger partial charge in [-0.2, -0.15) is 0 Å². The molecular weight excluding hydrogens is 437 g/mol. The maximum absolute atomic E-state index is 13.4. The molecule has 164 valence electrons. The Labute approximate surface area is 179 Å². The van der Waals surface area contributed by atoms with Crippen LogP contribution < -0.4 is 5.32 Å². The maximum atomic E-state index is 13.4. The van der Waals surface area contributed by atoms with Crippen LogP contribution in [0.5, 0.6) is 0 Å². The Morgan fingerprint density at radius 3 is 2.60 bits per heavy atom. The highest BCUT2D eigenvalue weighted by Crippen LogP contribution is 2.51. The molecular formula is C19H23ClFN3O5S. The van der Waals surface area contributed by atoms with Crippen LogP contribution in [0.4, 0.5) is 4.39 Å². The molecule has 1 aliphatic carbocycles. The molecule has 1 aromatic carbocycles. The Kier molecular flexibility index (Phi) is 5.32. The zero-order valence-corrected chi connectivity index (χ0v) is 17.9. The van der Waals surface area contributed by atoms with E-state index in [0.717, 1.165) is 6.07 Å². The first-order valence-corrected chi connectivity index (χ1v) is 11.8. The lowest BCUT2D eigenvalue weighted by molar-refractivity contribution is -0.154. The van der Waals surface area contributed by atoms with Crippen LogP contribution in [0, 0.1) is 17.7 Å². The minimum atomic E-state index is -3.26. The van der Waals surface area contributed by atoms with Gasteiger partial charge in [0.05, 0.1) is 5.75 Å². The van der Waals surface area contributed by atoms with E-state index in [1.807, 2.05) is 0 Å². The van der Waals surface area contributed by atoms with Gasteiger partial charge >= 0.3 is 0 Å². The van der Waals surface area contributed by atoms with Crippen LogP contribution in [0.3, 0.4) is 0 Å². The van der Waals surface area contributed by atoms with Gasteiger partial charge < -0.3 is 15.3 Å². The minimum absolute atomic E-state index is 0.0372. The van der Waals surface area contributed by atoms with E-state index in [-0.39, 0.29) is 48.2 Å². The van der Waals surface area contributed by atoms with Crippen molar-refractivity contribution in [1.29, 1.82) is 0 Å². The van der Waals surface area contributed by atoms with Crippen molar-refractivity contribution in [2.24, 2.45) is 11.8 Å². The average Bonchev–Trinajstić information content (AvgIpc) is 3.01. The fourth-order valence-electron chi connectivity index (χ4n) is 4.59. The van der Waals surface area contributed by atoms with E-state index in [0.29, 0.717) is 18.7 Å². The van der Waals surface area contributed by atoms with E-state index in [4.69, 9.17) is 11.6 Å². The number of halogens is 2. The number of rotatable bonds is 6. The number of nitrogens with one attached hydrogen (secondary N) is 1. The second kappa shape index (κ2) is 7.44. The molecule has 2 saturated heterocycles. The number of nitrogens with zero attached hydrogens (tertiary/aromatic N) is 2. The number of hydrogen-bond donors (Lipinski definition) is 2. The Morgan fingerprint density at radius 1 is 1.33 bits per heavy atom. The summed E-state index contributed by atoms with van der Waals surface area (Å²) in [6.45, 7) is 2.47. The second-order valence-corrected chi connectivity index (χ2v) is 10.8. The number of aliphatic hydroxyl groups is 1. The number of sulfonamides is 1. The SMILES string of the molecule is CCS(=O)(=O)N1C[C@@H]2[C@H](C1)[C@@H]2N1CCC(O)(C(=O)NCc2cc(F)cc(Cl)c2)C1=O. The molecule has 2 amide bonds. The number of fused-ring (bicyclic) bond motifs is 1. The summed E-state index contributed by atoms with van der Waals surface area (Å²) in [5.41, 5.74) is -1.77. The fourth-order valence-corrected chi connectivity index (χ4v) is 6.00. The van der Waals surface area contributed by atoms with Crippen molar-refractivity contribution in [3.63, 3.8) is 0 Å². The largest absolute Gasteiger partial charge is 0.372 e. The number of likely N-dealkylation sites (tertiary alicyclic amines) is 1. The Bertz CT molecular complexity index is 974. The molecule has 4 atom stereocenters. The zero-order chi connectivity index (χ0) is 21.8. The predicted octanol–water partition coefficient (Wildman–Crippen LogP) is 0.339. The monoisotopic (exact) mass is 459 g/mol. The molecule has 8 nitrogen and oxygen atoms in total. The van der Waals surface area contributed by atoms with Crippen LogP contribution in [-0.2, 0) is 26.2 Å². The highest BCUT2D eigenvalue weighted by molar-refractivity contribution is 7.89. The number of benzene rings is 1. The van der Waals surface area contributed by atoms with E-state index < -0.39 is 33.3 Å². The zero-order valence-electron chi connectivity index (χ0n) is 16.3. The summed E-state index contributed by atoms with van der Waals surface area (Å²) in [5.74, 6) is -1.94. The van der Waals surface area contributed by atoms with Gasteiger partial charge in [0, 0.05) is 43.7 Å². The number of amides is 2. The third-order valence-corrected chi connectivity index (χ3v) is 8.35. The first-order chi connectivity index (χ1) is 14.1. The Hall–Kier alpha value is -1.75. The summed E-state index contributed by atoms with van der Waals surface area (Å²) in [6.07, 6.45) is -0.0471. The van der Waals surface area contributed by atoms with E-state index in [1.165, 1.54) is 21.3 Å².